The van der Waals surface area contributed by atoms with E-state index in [1.165, 1.54) is 7.11 Å². The van der Waals surface area contributed by atoms with Crippen LogP contribution in [0.25, 0.3) is 10.8 Å². The van der Waals surface area contributed by atoms with Crippen molar-refractivity contribution in [3.05, 3.63) is 77.4 Å². The maximum Gasteiger partial charge on any atom is 0.338 e. The first-order valence-electron chi connectivity index (χ1n) is 11.4. The number of amides is 2. The summed E-state index contributed by atoms with van der Waals surface area (Å²) >= 11 is 0. The molecule has 0 bridgehead atoms. The Hall–Kier alpha value is -3.71. The molecular weight excluding hydrogens is 430 g/mol. The minimum Gasteiger partial charge on any atom is -0.465 e. The van der Waals surface area contributed by atoms with Crippen LogP contribution in [0.1, 0.15) is 34.8 Å². The van der Waals surface area contributed by atoms with E-state index in [2.05, 4.69) is 10.6 Å². The average Bonchev–Trinajstić information content (AvgIpc) is 2.99. The van der Waals surface area contributed by atoms with Crippen LogP contribution >= 0.6 is 0 Å². The maximum atomic E-state index is 13.7. The molecule has 0 fully saturated rings. The van der Waals surface area contributed by atoms with Crippen molar-refractivity contribution >= 4 is 34.2 Å². The molecule has 3 aromatic rings. The topological polar surface area (TPSA) is 87.7 Å². The van der Waals surface area contributed by atoms with Crippen molar-refractivity contribution < 1.29 is 19.1 Å². The zero-order valence-electron chi connectivity index (χ0n) is 19.6. The Kier molecular flexibility index (Phi) is 6.93. The van der Waals surface area contributed by atoms with Gasteiger partial charge in [0.1, 0.15) is 6.04 Å². The lowest BCUT2D eigenvalue weighted by Crippen LogP contribution is -2.52. The van der Waals surface area contributed by atoms with Crippen molar-refractivity contribution in [2.45, 2.75) is 38.4 Å². The molecule has 2 amide bonds. The van der Waals surface area contributed by atoms with Gasteiger partial charge in [-0.1, -0.05) is 48.5 Å². The highest BCUT2D eigenvalue weighted by atomic mass is 16.5. The molecule has 0 radical (unpaired) electrons. The van der Waals surface area contributed by atoms with Crippen molar-refractivity contribution in [1.82, 2.24) is 10.6 Å². The van der Waals surface area contributed by atoms with Crippen LogP contribution in [0.3, 0.4) is 0 Å². The number of ether oxygens (including phenoxy) is 1. The number of hydrogen-bond acceptors (Lipinski definition) is 5. The average molecular weight is 460 g/mol. The molecule has 0 spiro atoms. The quantitative estimate of drug-likeness (QED) is 0.553. The van der Waals surface area contributed by atoms with Gasteiger partial charge in [-0.05, 0) is 60.8 Å². The standard InChI is InChI=1S/C27H29N3O4/c1-17(28-2)25(31)29-23-15-14-18-8-4-5-13-24(18)30(26(23)32)16-19-9-6-11-21-20(19)10-7-12-22(21)27(33)34-3/h4-13,17,23,28H,14-16H2,1-3H3,(H,29,31)/t17-,23-/m0/s1. The van der Waals surface area contributed by atoms with Crippen LogP contribution in [0.4, 0.5) is 5.69 Å². The largest absolute Gasteiger partial charge is 0.465 e. The van der Waals surface area contributed by atoms with Crippen molar-refractivity contribution in [3.8, 4) is 0 Å². The molecule has 1 aliphatic heterocycles. The van der Waals surface area contributed by atoms with E-state index in [0.717, 1.165) is 27.6 Å². The third kappa shape index (κ3) is 4.52. The summed E-state index contributed by atoms with van der Waals surface area (Å²) in [4.78, 5) is 40.3. The van der Waals surface area contributed by atoms with Crippen molar-refractivity contribution in [2.75, 3.05) is 19.1 Å². The smallest absolute Gasteiger partial charge is 0.338 e. The lowest BCUT2D eigenvalue weighted by atomic mass is 9.99. The summed E-state index contributed by atoms with van der Waals surface area (Å²) in [5, 5.41) is 7.49. The normalized spacial score (nSPS) is 16.5. The minimum atomic E-state index is -0.628. The molecule has 34 heavy (non-hydrogen) atoms. The predicted molar refractivity (Wildman–Crippen MR) is 132 cm³/mol. The summed E-state index contributed by atoms with van der Waals surface area (Å²) in [5.74, 6) is -0.761. The van der Waals surface area contributed by atoms with Gasteiger partial charge >= 0.3 is 5.97 Å². The van der Waals surface area contributed by atoms with Gasteiger partial charge in [-0.3, -0.25) is 9.59 Å². The Morgan fingerprint density at radius 2 is 1.79 bits per heavy atom. The SMILES string of the molecule is CN[C@@H](C)C(=O)N[C@H]1CCc2ccccc2N(Cc2cccc3c(C(=O)OC)cccc23)C1=O. The summed E-state index contributed by atoms with van der Waals surface area (Å²) in [6.07, 6.45) is 1.20. The van der Waals surface area contributed by atoms with E-state index in [4.69, 9.17) is 4.74 Å². The molecule has 0 saturated heterocycles. The fourth-order valence-corrected chi connectivity index (χ4v) is 4.41. The highest BCUT2D eigenvalue weighted by Gasteiger charge is 2.32. The number of hydrogen-bond donors (Lipinski definition) is 2. The Balaban J connectivity index is 1.74. The molecule has 2 N–H and O–H groups in total. The van der Waals surface area contributed by atoms with E-state index in [1.54, 1.807) is 24.9 Å². The molecule has 0 saturated carbocycles. The Bertz CT molecular complexity index is 1240. The number of carbonyl (C=O) groups excluding carboxylic acids is 3. The zero-order chi connectivity index (χ0) is 24.2. The van der Waals surface area contributed by atoms with Gasteiger partial charge < -0.3 is 20.3 Å². The Labute approximate surface area is 199 Å². The van der Waals surface area contributed by atoms with Crippen LogP contribution in [-0.4, -0.2) is 44.0 Å². The van der Waals surface area contributed by atoms with Gasteiger partial charge in [-0.2, -0.15) is 0 Å². The van der Waals surface area contributed by atoms with Gasteiger partial charge in [-0.25, -0.2) is 4.79 Å². The van der Waals surface area contributed by atoms with Gasteiger partial charge in [0.25, 0.3) is 0 Å². The van der Waals surface area contributed by atoms with Crippen LogP contribution in [0.5, 0.6) is 0 Å². The molecule has 4 rings (SSSR count). The van der Waals surface area contributed by atoms with Crippen LogP contribution < -0.4 is 15.5 Å². The molecule has 0 aliphatic carbocycles. The van der Waals surface area contributed by atoms with Crippen molar-refractivity contribution in [1.29, 1.82) is 0 Å². The molecule has 0 unspecified atom stereocenters. The van der Waals surface area contributed by atoms with Gasteiger partial charge in [0.2, 0.25) is 11.8 Å². The molecule has 3 aromatic carbocycles. The second kappa shape index (κ2) is 10.1. The molecule has 7 heteroatoms. The fourth-order valence-electron chi connectivity index (χ4n) is 4.41. The third-order valence-electron chi connectivity index (χ3n) is 6.44. The third-order valence-corrected chi connectivity index (χ3v) is 6.44. The van der Waals surface area contributed by atoms with Crippen molar-refractivity contribution in [2.24, 2.45) is 0 Å². The van der Waals surface area contributed by atoms with Gasteiger partial charge in [0.15, 0.2) is 0 Å². The lowest BCUT2D eigenvalue weighted by molar-refractivity contribution is -0.128. The summed E-state index contributed by atoms with van der Waals surface area (Å²) in [6, 6.07) is 18.0. The zero-order valence-corrected chi connectivity index (χ0v) is 19.6. The number of rotatable bonds is 6. The number of esters is 1. The number of nitrogens with one attached hydrogen (secondary N) is 2. The first-order chi connectivity index (χ1) is 16.4. The predicted octanol–water partition coefficient (Wildman–Crippen LogP) is 3.20. The first kappa shape index (κ1) is 23.4. The highest BCUT2D eigenvalue weighted by Crippen LogP contribution is 2.31. The first-order valence-corrected chi connectivity index (χ1v) is 11.4. The molecule has 1 heterocycles. The second-order valence-corrected chi connectivity index (χ2v) is 8.47. The summed E-state index contributed by atoms with van der Waals surface area (Å²) < 4.78 is 4.95. The molecule has 2 atom stereocenters. The van der Waals surface area contributed by atoms with Crippen LogP contribution in [0.15, 0.2) is 60.7 Å². The van der Waals surface area contributed by atoms with E-state index in [0.29, 0.717) is 24.9 Å². The lowest BCUT2D eigenvalue weighted by Gasteiger charge is -2.27. The van der Waals surface area contributed by atoms with E-state index in [1.807, 2.05) is 54.6 Å². The highest BCUT2D eigenvalue weighted by molar-refractivity contribution is 6.06. The van der Waals surface area contributed by atoms with E-state index >= 15 is 0 Å². The van der Waals surface area contributed by atoms with E-state index in [9.17, 15) is 14.4 Å². The van der Waals surface area contributed by atoms with Crippen molar-refractivity contribution in [3.63, 3.8) is 0 Å². The number of carbonyl (C=O) groups is 3. The van der Waals surface area contributed by atoms with Crippen LogP contribution in [-0.2, 0) is 27.3 Å². The number of fused-ring (bicyclic) bond motifs is 2. The molecule has 1 aliphatic rings. The van der Waals surface area contributed by atoms with E-state index < -0.39 is 18.1 Å². The minimum absolute atomic E-state index is 0.150. The van der Waals surface area contributed by atoms with Crippen LogP contribution in [0.2, 0.25) is 0 Å². The fraction of sp³-hybridized carbons (Fsp3) is 0.296. The molecule has 7 nitrogen and oxygen atoms in total. The monoisotopic (exact) mass is 459 g/mol. The number of anilines is 1. The van der Waals surface area contributed by atoms with Gasteiger partial charge in [0.05, 0.1) is 25.3 Å². The Morgan fingerprint density at radius 1 is 1.06 bits per heavy atom. The number of para-hydroxylation sites is 1. The number of aryl methyl sites for hydroxylation is 1. The Morgan fingerprint density at radius 3 is 2.56 bits per heavy atom. The maximum absolute atomic E-state index is 13.7. The summed E-state index contributed by atoms with van der Waals surface area (Å²) in [7, 11) is 3.08. The molecule has 0 aromatic heterocycles. The number of likely N-dealkylation sites (N-methyl/N-ethyl adjacent to an activating group) is 1. The van der Waals surface area contributed by atoms with Gasteiger partial charge in [0, 0.05) is 5.69 Å². The summed E-state index contributed by atoms with van der Waals surface area (Å²) in [5.41, 5.74) is 3.29. The number of nitrogens with zero attached hydrogens (tertiary/aromatic N) is 1. The molecule has 176 valence electrons. The van der Waals surface area contributed by atoms with Crippen LogP contribution in [0, 0.1) is 0 Å². The van der Waals surface area contributed by atoms with Gasteiger partial charge in [-0.15, -0.1) is 0 Å². The second-order valence-electron chi connectivity index (χ2n) is 8.47. The number of benzene rings is 3. The summed E-state index contributed by atoms with van der Waals surface area (Å²) in [6.45, 7) is 2.07. The molecular formula is C27H29N3O4. The van der Waals surface area contributed by atoms with E-state index in [-0.39, 0.29) is 11.8 Å². The number of methoxy groups -OCH3 is 1.